The molecule has 1 unspecified atom stereocenters. The Kier molecular flexibility index (Phi) is 16.8. The van der Waals surface area contributed by atoms with E-state index in [4.69, 9.17) is 0 Å². The molecule has 0 saturated carbocycles. The summed E-state index contributed by atoms with van der Waals surface area (Å²) in [6.45, 7) is 37.2. The molecule has 1 aliphatic carbocycles. The molecule has 4 aromatic rings. The van der Waals surface area contributed by atoms with Gasteiger partial charge in [0.25, 0.3) is 0 Å². The van der Waals surface area contributed by atoms with Gasteiger partial charge in [-0.1, -0.05) is 133 Å². The molecule has 0 saturated heterocycles. The molecule has 0 spiro atoms. The van der Waals surface area contributed by atoms with Gasteiger partial charge in [-0.3, -0.25) is 0 Å². The van der Waals surface area contributed by atoms with Crippen molar-refractivity contribution in [2.45, 2.75) is 81.6 Å². The smallest absolute Gasteiger partial charge is 0.0542 e. The first-order valence-electron chi connectivity index (χ1n) is 19.8. The van der Waals surface area contributed by atoms with Gasteiger partial charge in [-0.05, 0) is 108 Å². The topological polar surface area (TPSA) is 13.1 Å². The zero-order valence-corrected chi connectivity index (χ0v) is 35.2. The number of aromatic nitrogens is 2. The monoisotopic (exact) mass is 730 g/mol. The second-order valence-corrected chi connectivity index (χ2v) is 12.7. The second-order valence-electron chi connectivity index (χ2n) is 12.7. The molecule has 2 aromatic carbocycles. The van der Waals surface area contributed by atoms with Crippen molar-refractivity contribution in [1.29, 1.82) is 0 Å². The van der Waals surface area contributed by atoms with Crippen molar-refractivity contribution >= 4 is 64.1 Å². The summed E-state index contributed by atoms with van der Waals surface area (Å²) in [5, 5.41) is 1.16. The van der Waals surface area contributed by atoms with Gasteiger partial charge in [0.1, 0.15) is 0 Å². The first-order chi connectivity index (χ1) is 26.8. The maximum absolute atomic E-state index is 4.28. The van der Waals surface area contributed by atoms with Crippen molar-refractivity contribution in [2.75, 3.05) is 4.90 Å². The zero-order chi connectivity index (χ0) is 40.7. The van der Waals surface area contributed by atoms with E-state index in [9.17, 15) is 0 Å². The minimum Gasteiger partial charge on any atom is -0.314 e. The second kappa shape index (κ2) is 21.2. The van der Waals surface area contributed by atoms with Gasteiger partial charge in [-0.25, -0.2) is 0 Å². The molecule has 1 atom stereocenters. The molecular weight excluding hydrogens is 667 g/mol. The Morgan fingerprint density at radius 2 is 1.35 bits per heavy atom. The maximum atomic E-state index is 4.28. The van der Waals surface area contributed by atoms with Gasteiger partial charge in [0.05, 0.1) is 16.9 Å². The number of fused-ring (bicyclic) bond motifs is 2. The SMILES string of the molecule is C=C/C=C\C(=C/C)n1c(C=C)c(/C=C\C)c2cc(N(C3=Cc4c(/C=C\C)c(C=C)n(C(/C=C\C)=C/C=C)c4C(C)C3)c3ccc(C)cc3)ccc21.CC.CC. The average Bonchev–Trinajstić information content (AvgIpc) is 3.69. The molecule has 3 heteroatoms. The molecular formula is C52H63N3. The van der Waals surface area contributed by atoms with E-state index in [0.29, 0.717) is 0 Å². The third-order valence-electron chi connectivity index (χ3n) is 9.38. The van der Waals surface area contributed by atoms with Crippen molar-refractivity contribution < 1.29 is 0 Å². The normalized spacial score (nSPS) is 14.4. The quantitative estimate of drug-likeness (QED) is 0.125. The molecule has 3 nitrogen and oxygen atoms in total. The molecule has 1 aliphatic rings. The van der Waals surface area contributed by atoms with Crippen LogP contribution in [-0.2, 0) is 0 Å². The summed E-state index contributed by atoms with van der Waals surface area (Å²) in [5.41, 5.74) is 14.9. The maximum Gasteiger partial charge on any atom is 0.0542 e. The summed E-state index contributed by atoms with van der Waals surface area (Å²) >= 11 is 0. The fourth-order valence-electron chi connectivity index (χ4n) is 7.32. The minimum atomic E-state index is 0.216. The summed E-state index contributed by atoms with van der Waals surface area (Å²) in [4.78, 5) is 2.44. The lowest BCUT2D eigenvalue weighted by molar-refractivity contribution is 0.691. The fraction of sp³-hybridized carbons (Fsp3) is 0.231. The first kappa shape index (κ1) is 43.6. The number of allylic oxidation sites excluding steroid dienone is 13. The summed E-state index contributed by atoms with van der Waals surface area (Å²) in [7, 11) is 0. The lowest BCUT2D eigenvalue weighted by Gasteiger charge is -2.33. The van der Waals surface area contributed by atoms with E-state index in [1.807, 2.05) is 58.1 Å². The average molecular weight is 730 g/mol. The Morgan fingerprint density at radius 3 is 1.91 bits per heavy atom. The van der Waals surface area contributed by atoms with Gasteiger partial charge < -0.3 is 14.0 Å². The number of rotatable bonds is 13. The summed E-state index contributed by atoms with van der Waals surface area (Å²) in [5.74, 6) is 0.216. The predicted molar refractivity (Wildman–Crippen MR) is 252 cm³/mol. The first-order valence-corrected chi connectivity index (χ1v) is 19.8. The van der Waals surface area contributed by atoms with E-state index >= 15 is 0 Å². The third kappa shape index (κ3) is 8.95. The Morgan fingerprint density at radius 1 is 0.727 bits per heavy atom. The van der Waals surface area contributed by atoms with Gasteiger partial charge in [0.15, 0.2) is 0 Å². The zero-order valence-electron chi connectivity index (χ0n) is 35.2. The highest BCUT2D eigenvalue weighted by Crippen LogP contribution is 2.46. The van der Waals surface area contributed by atoms with Crippen LogP contribution in [0.2, 0.25) is 0 Å². The van der Waals surface area contributed by atoms with Crippen LogP contribution in [0.5, 0.6) is 0 Å². The van der Waals surface area contributed by atoms with E-state index in [2.05, 4.69) is 185 Å². The predicted octanol–water partition coefficient (Wildman–Crippen LogP) is 16.0. The highest BCUT2D eigenvalue weighted by atomic mass is 15.2. The molecule has 2 heterocycles. The number of aryl methyl sites for hydroxylation is 1. The van der Waals surface area contributed by atoms with Crippen LogP contribution in [0.1, 0.15) is 114 Å². The Bertz CT molecular complexity index is 2190. The van der Waals surface area contributed by atoms with Crippen LogP contribution in [0.3, 0.4) is 0 Å². The molecule has 0 aliphatic heterocycles. The van der Waals surface area contributed by atoms with Crippen LogP contribution in [0, 0.1) is 6.92 Å². The van der Waals surface area contributed by atoms with Crippen LogP contribution in [0.15, 0.2) is 135 Å². The van der Waals surface area contributed by atoms with Crippen molar-refractivity contribution in [3.05, 3.63) is 175 Å². The van der Waals surface area contributed by atoms with Gasteiger partial charge >= 0.3 is 0 Å². The number of nitrogens with zero attached hydrogens (tertiary/aromatic N) is 3. The molecule has 0 amide bonds. The largest absolute Gasteiger partial charge is 0.314 e. The number of benzene rings is 2. The van der Waals surface area contributed by atoms with Crippen molar-refractivity contribution in [1.82, 2.24) is 9.13 Å². The lowest BCUT2D eigenvalue weighted by Crippen LogP contribution is -2.21. The van der Waals surface area contributed by atoms with Crippen LogP contribution in [-0.4, -0.2) is 9.13 Å². The van der Waals surface area contributed by atoms with E-state index < -0.39 is 0 Å². The van der Waals surface area contributed by atoms with Crippen molar-refractivity contribution in [3.63, 3.8) is 0 Å². The standard InChI is InChI=1S/C48H51N3.2C2H6/c1-11-19-24-36(16-6)50-45(17-7)41(22-14-4)43-32-39(29-30-47(43)50)49(38-27-25-34(9)26-28-38)40-31-35(10)48-44(33-40)42(23-15-5)46(18-8)51(48)37(20-12-2)21-13-3;2*1-2/h11-30,32-33,35H,1-2,7-8,31H2,3-6,9-10H3;2*1-2H3/b21-13-,22-14-,23-15-,24-19-,36-16+,37-20+;;. The van der Waals surface area contributed by atoms with E-state index in [0.717, 1.165) is 57.0 Å². The van der Waals surface area contributed by atoms with Crippen LogP contribution >= 0.6 is 0 Å². The Balaban J connectivity index is 0.00000196. The van der Waals surface area contributed by atoms with Crippen molar-refractivity contribution in [2.24, 2.45) is 0 Å². The number of anilines is 2. The van der Waals surface area contributed by atoms with Gasteiger partial charge in [-0.15, -0.1) is 0 Å². The lowest BCUT2D eigenvalue weighted by atomic mass is 9.89. The van der Waals surface area contributed by atoms with Gasteiger partial charge in [-0.2, -0.15) is 0 Å². The van der Waals surface area contributed by atoms with Crippen LogP contribution in [0.25, 0.3) is 52.7 Å². The molecule has 0 fully saturated rings. The minimum absolute atomic E-state index is 0.216. The van der Waals surface area contributed by atoms with Crippen molar-refractivity contribution in [3.8, 4) is 0 Å². The molecule has 0 radical (unpaired) electrons. The molecule has 5 rings (SSSR count). The fourth-order valence-corrected chi connectivity index (χ4v) is 7.32. The molecule has 2 aromatic heterocycles. The van der Waals surface area contributed by atoms with Crippen LogP contribution in [0.4, 0.5) is 11.4 Å². The molecule has 286 valence electrons. The summed E-state index contributed by atoms with van der Waals surface area (Å²) in [6.07, 6.45) is 32.0. The Labute approximate surface area is 333 Å². The van der Waals surface area contributed by atoms with Gasteiger partial charge in [0.2, 0.25) is 0 Å². The molecule has 0 bridgehead atoms. The van der Waals surface area contributed by atoms with E-state index in [-0.39, 0.29) is 5.92 Å². The Hall–Kier alpha value is -5.80. The van der Waals surface area contributed by atoms with E-state index in [1.165, 1.54) is 28.1 Å². The summed E-state index contributed by atoms with van der Waals surface area (Å²) < 4.78 is 4.65. The number of hydrogen-bond donors (Lipinski definition) is 0. The highest BCUT2D eigenvalue weighted by molar-refractivity contribution is 5.99. The summed E-state index contributed by atoms with van der Waals surface area (Å²) in [6, 6.07) is 15.7. The highest BCUT2D eigenvalue weighted by Gasteiger charge is 2.31. The molecule has 0 N–H and O–H groups in total. The third-order valence-corrected chi connectivity index (χ3v) is 9.38. The van der Waals surface area contributed by atoms with E-state index in [1.54, 1.807) is 0 Å². The van der Waals surface area contributed by atoms with Crippen LogP contribution < -0.4 is 4.90 Å². The van der Waals surface area contributed by atoms with Gasteiger partial charge in [0, 0.05) is 62.2 Å². The molecule has 55 heavy (non-hydrogen) atoms. The number of hydrogen-bond acceptors (Lipinski definition) is 1.